The Morgan fingerprint density at radius 2 is 2.35 bits per heavy atom. The standard InChI is InChI=1S/C15H19NO4/c1-2-8-20-14-6-4-3-5-13(14)15(18)16-7-9-19-12(10-16)11-17/h2-6,12,17H,1,7-11H2. The van der Waals surface area contributed by atoms with Gasteiger partial charge in [-0.2, -0.15) is 0 Å². The van der Waals surface area contributed by atoms with Crippen LogP contribution < -0.4 is 4.74 Å². The van der Waals surface area contributed by atoms with Gasteiger partial charge < -0.3 is 19.5 Å². The highest BCUT2D eigenvalue weighted by Gasteiger charge is 2.26. The second kappa shape index (κ2) is 7.07. The summed E-state index contributed by atoms with van der Waals surface area (Å²) in [6, 6.07) is 7.13. The number of carbonyl (C=O) groups is 1. The van der Waals surface area contributed by atoms with Crippen molar-refractivity contribution in [2.24, 2.45) is 0 Å². The number of morpholine rings is 1. The van der Waals surface area contributed by atoms with Crippen LogP contribution in [-0.4, -0.2) is 54.9 Å². The molecule has 1 unspecified atom stereocenters. The van der Waals surface area contributed by atoms with Crippen LogP contribution in [0.5, 0.6) is 5.75 Å². The number of carbonyl (C=O) groups excluding carboxylic acids is 1. The molecule has 1 aromatic rings. The van der Waals surface area contributed by atoms with Gasteiger partial charge in [-0.1, -0.05) is 24.8 Å². The maximum Gasteiger partial charge on any atom is 0.257 e. The predicted octanol–water partition coefficient (Wildman–Crippen LogP) is 1.08. The van der Waals surface area contributed by atoms with Gasteiger partial charge in [-0.3, -0.25) is 4.79 Å². The summed E-state index contributed by atoms with van der Waals surface area (Å²) in [5, 5.41) is 9.13. The zero-order valence-electron chi connectivity index (χ0n) is 11.3. The smallest absolute Gasteiger partial charge is 0.257 e. The van der Waals surface area contributed by atoms with Gasteiger partial charge in [0.1, 0.15) is 12.4 Å². The maximum absolute atomic E-state index is 12.5. The molecule has 1 amide bonds. The van der Waals surface area contributed by atoms with E-state index in [9.17, 15) is 4.79 Å². The molecule has 108 valence electrons. The van der Waals surface area contributed by atoms with Gasteiger partial charge in [-0.05, 0) is 12.1 Å². The number of aliphatic hydroxyl groups excluding tert-OH is 1. The Morgan fingerprint density at radius 3 is 3.10 bits per heavy atom. The minimum atomic E-state index is -0.311. The largest absolute Gasteiger partial charge is 0.489 e. The third-order valence-corrected chi connectivity index (χ3v) is 3.10. The third kappa shape index (κ3) is 3.37. The minimum absolute atomic E-state index is 0.0849. The average Bonchev–Trinajstić information content (AvgIpc) is 2.52. The van der Waals surface area contributed by atoms with Gasteiger partial charge in [0.2, 0.25) is 0 Å². The Hall–Kier alpha value is -1.85. The molecule has 1 fully saturated rings. The summed E-state index contributed by atoms with van der Waals surface area (Å²) in [6.45, 7) is 5.22. The quantitative estimate of drug-likeness (QED) is 0.818. The number of rotatable bonds is 5. The first-order valence-corrected chi connectivity index (χ1v) is 6.60. The lowest BCUT2D eigenvalue weighted by atomic mass is 10.1. The highest BCUT2D eigenvalue weighted by atomic mass is 16.5. The summed E-state index contributed by atoms with van der Waals surface area (Å²) in [5.41, 5.74) is 0.521. The molecule has 5 nitrogen and oxygen atoms in total. The first kappa shape index (κ1) is 14.6. The minimum Gasteiger partial charge on any atom is -0.489 e. The van der Waals surface area contributed by atoms with Gasteiger partial charge in [0.25, 0.3) is 5.91 Å². The molecule has 0 aliphatic carbocycles. The molecule has 1 aliphatic heterocycles. The normalized spacial score (nSPS) is 18.6. The van der Waals surface area contributed by atoms with Crippen molar-refractivity contribution in [3.8, 4) is 5.75 Å². The molecule has 1 saturated heterocycles. The third-order valence-electron chi connectivity index (χ3n) is 3.10. The molecule has 5 heteroatoms. The summed E-state index contributed by atoms with van der Waals surface area (Å²) < 4.78 is 10.9. The monoisotopic (exact) mass is 277 g/mol. The van der Waals surface area contributed by atoms with E-state index in [4.69, 9.17) is 14.6 Å². The van der Waals surface area contributed by atoms with E-state index in [2.05, 4.69) is 6.58 Å². The van der Waals surface area contributed by atoms with Crippen LogP contribution in [-0.2, 0) is 4.74 Å². The van der Waals surface area contributed by atoms with Gasteiger partial charge >= 0.3 is 0 Å². The number of hydrogen-bond donors (Lipinski definition) is 1. The van der Waals surface area contributed by atoms with E-state index in [1.54, 1.807) is 29.2 Å². The second-order valence-corrected chi connectivity index (χ2v) is 4.52. The van der Waals surface area contributed by atoms with Crippen molar-refractivity contribution in [3.05, 3.63) is 42.5 Å². The van der Waals surface area contributed by atoms with E-state index in [1.165, 1.54) is 0 Å². The van der Waals surface area contributed by atoms with E-state index in [0.717, 1.165) is 0 Å². The fraction of sp³-hybridized carbons (Fsp3) is 0.400. The van der Waals surface area contributed by atoms with E-state index in [0.29, 0.717) is 37.6 Å². The summed E-state index contributed by atoms with van der Waals surface area (Å²) >= 11 is 0. The SMILES string of the molecule is C=CCOc1ccccc1C(=O)N1CCOC(CO)C1. The van der Waals surface area contributed by atoms with E-state index >= 15 is 0 Å². The Kier molecular flexibility index (Phi) is 5.15. The Balaban J connectivity index is 2.13. The van der Waals surface area contributed by atoms with Gasteiger partial charge in [0.05, 0.1) is 24.9 Å². The van der Waals surface area contributed by atoms with Crippen molar-refractivity contribution < 1.29 is 19.4 Å². The van der Waals surface area contributed by atoms with Crippen molar-refractivity contribution >= 4 is 5.91 Å². The molecule has 0 spiro atoms. The van der Waals surface area contributed by atoms with Crippen LogP contribution in [0.1, 0.15) is 10.4 Å². The number of ether oxygens (including phenoxy) is 2. The fourth-order valence-corrected chi connectivity index (χ4v) is 2.10. The fourth-order valence-electron chi connectivity index (χ4n) is 2.10. The van der Waals surface area contributed by atoms with Crippen molar-refractivity contribution in [1.82, 2.24) is 4.90 Å². The molecule has 0 radical (unpaired) electrons. The molecular weight excluding hydrogens is 258 g/mol. The molecule has 0 aromatic heterocycles. The van der Waals surface area contributed by atoms with Crippen molar-refractivity contribution in [2.45, 2.75) is 6.10 Å². The molecule has 1 heterocycles. The van der Waals surface area contributed by atoms with Crippen molar-refractivity contribution in [2.75, 3.05) is 32.9 Å². The average molecular weight is 277 g/mol. The second-order valence-electron chi connectivity index (χ2n) is 4.52. The van der Waals surface area contributed by atoms with Gasteiger partial charge in [-0.25, -0.2) is 0 Å². The summed E-state index contributed by atoms with van der Waals surface area (Å²) in [5.74, 6) is 0.441. The van der Waals surface area contributed by atoms with Gasteiger partial charge in [0, 0.05) is 13.1 Å². The van der Waals surface area contributed by atoms with Crippen LogP contribution >= 0.6 is 0 Å². The van der Waals surface area contributed by atoms with Crippen LogP contribution in [0.15, 0.2) is 36.9 Å². The summed E-state index contributed by atoms with van der Waals surface area (Å²) in [4.78, 5) is 14.2. The summed E-state index contributed by atoms with van der Waals surface area (Å²) in [6.07, 6.45) is 1.33. The topological polar surface area (TPSA) is 59.0 Å². The first-order chi connectivity index (χ1) is 9.76. The van der Waals surface area contributed by atoms with E-state index in [1.807, 2.05) is 6.07 Å². The maximum atomic E-state index is 12.5. The molecule has 1 aliphatic rings. The van der Waals surface area contributed by atoms with Gasteiger partial charge in [-0.15, -0.1) is 0 Å². The van der Waals surface area contributed by atoms with Crippen LogP contribution in [0.3, 0.4) is 0 Å². The molecule has 0 bridgehead atoms. The lowest BCUT2D eigenvalue weighted by Crippen LogP contribution is -2.47. The molecule has 2 rings (SSSR count). The Labute approximate surface area is 118 Å². The number of para-hydroxylation sites is 1. The highest BCUT2D eigenvalue weighted by Crippen LogP contribution is 2.21. The molecule has 1 N–H and O–H groups in total. The summed E-state index contributed by atoms with van der Waals surface area (Å²) in [7, 11) is 0. The number of amides is 1. The van der Waals surface area contributed by atoms with E-state index < -0.39 is 0 Å². The molecule has 0 saturated carbocycles. The van der Waals surface area contributed by atoms with Crippen LogP contribution in [0, 0.1) is 0 Å². The number of benzene rings is 1. The van der Waals surface area contributed by atoms with Crippen LogP contribution in [0.2, 0.25) is 0 Å². The predicted molar refractivity (Wildman–Crippen MR) is 74.9 cm³/mol. The zero-order valence-corrected chi connectivity index (χ0v) is 11.3. The van der Waals surface area contributed by atoms with E-state index in [-0.39, 0.29) is 18.6 Å². The Bertz CT molecular complexity index is 475. The molecule has 1 aromatic carbocycles. The molecule has 1 atom stereocenters. The van der Waals surface area contributed by atoms with Crippen molar-refractivity contribution in [1.29, 1.82) is 0 Å². The Morgan fingerprint density at radius 1 is 1.55 bits per heavy atom. The van der Waals surface area contributed by atoms with Crippen LogP contribution in [0.4, 0.5) is 0 Å². The zero-order chi connectivity index (χ0) is 14.4. The lowest BCUT2D eigenvalue weighted by molar-refractivity contribution is -0.0447. The number of hydrogen-bond acceptors (Lipinski definition) is 4. The van der Waals surface area contributed by atoms with Crippen LogP contribution in [0.25, 0.3) is 0 Å². The highest BCUT2D eigenvalue weighted by molar-refractivity contribution is 5.97. The van der Waals surface area contributed by atoms with Gasteiger partial charge in [0.15, 0.2) is 0 Å². The first-order valence-electron chi connectivity index (χ1n) is 6.60. The van der Waals surface area contributed by atoms with Crippen molar-refractivity contribution in [3.63, 3.8) is 0 Å². The number of nitrogens with zero attached hydrogens (tertiary/aromatic N) is 1. The molecular formula is C15H19NO4. The molecule has 20 heavy (non-hydrogen) atoms. The lowest BCUT2D eigenvalue weighted by Gasteiger charge is -2.32. The number of aliphatic hydroxyl groups is 1.